The van der Waals surface area contributed by atoms with Crippen molar-refractivity contribution in [3.8, 4) is 11.3 Å². The first kappa shape index (κ1) is 16.4. The Bertz CT molecular complexity index is 875. The van der Waals surface area contributed by atoms with E-state index in [0.717, 1.165) is 0 Å². The molecule has 1 unspecified atom stereocenters. The van der Waals surface area contributed by atoms with Gasteiger partial charge in [-0.1, -0.05) is 53.2 Å². The van der Waals surface area contributed by atoms with Crippen LogP contribution in [0.1, 0.15) is 16.9 Å². The number of aldehydes is 1. The fourth-order valence-corrected chi connectivity index (χ4v) is 2.99. The number of aryl methyl sites for hydroxylation is 1. The minimum Gasteiger partial charge on any atom is -0.361 e. The summed E-state index contributed by atoms with van der Waals surface area (Å²) in [4.78, 5) is 11.9. The third-order valence-electron chi connectivity index (χ3n) is 3.91. The Balaban J connectivity index is 2.30. The number of carbonyl (C=O) groups excluding carboxylic acids is 1. The second kappa shape index (κ2) is 6.19. The predicted molar refractivity (Wildman–Crippen MR) is 89.1 cm³/mol. The molecule has 2 aromatic carbocycles. The van der Waals surface area contributed by atoms with Gasteiger partial charge in [0.25, 0.3) is 0 Å². The van der Waals surface area contributed by atoms with Gasteiger partial charge in [0.15, 0.2) is 0 Å². The summed E-state index contributed by atoms with van der Waals surface area (Å²) in [5.74, 6) is -0.249. The maximum atomic E-state index is 14.3. The quantitative estimate of drug-likeness (QED) is 0.730. The summed E-state index contributed by atoms with van der Waals surface area (Å²) in [6.07, 6.45) is 0.597. The zero-order chi connectivity index (χ0) is 17.3. The highest BCUT2D eigenvalue weighted by molar-refractivity contribution is 6.33. The molecule has 122 valence electrons. The zero-order valence-electron chi connectivity index (χ0n) is 12.8. The lowest BCUT2D eigenvalue weighted by Gasteiger charge is -2.24. The van der Waals surface area contributed by atoms with Crippen molar-refractivity contribution < 1.29 is 13.7 Å². The lowest BCUT2D eigenvalue weighted by molar-refractivity contribution is -0.111. The summed E-state index contributed by atoms with van der Waals surface area (Å²) >= 11 is 6.13. The first-order valence-electron chi connectivity index (χ1n) is 7.21. The number of rotatable bonds is 4. The van der Waals surface area contributed by atoms with Gasteiger partial charge in [-0.3, -0.25) is 0 Å². The van der Waals surface area contributed by atoms with Crippen molar-refractivity contribution in [1.82, 2.24) is 5.16 Å². The summed E-state index contributed by atoms with van der Waals surface area (Å²) in [7, 11) is 0. The largest absolute Gasteiger partial charge is 0.361 e. The Kier molecular flexibility index (Phi) is 4.22. The molecule has 1 heterocycles. The standard InChI is InChI=1S/C18H14ClFN2O2/c1-11-16(18(21,10-23)12-6-3-2-4-7-12)17(22-24-11)15-13(19)8-5-9-14(15)20/h2-10H,21H2,1H3. The third-order valence-corrected chi connectivity index (χ3v) is 4.23. The highest BCUT2D eigenvalue weighted by atomic mass is 35.5. The predicted octanol–water partition coefficient (Wildman–Crippen LogP) is 3.84. The van der Waals surface area contributed by atoms with Crippen molar-refractivity contribution >= 4 is 17.9 Å². The summed E-state index contributed by atoms with van der Waals surface area (Å²) in [5.41, 5.74) is 5.86. The van der Waals surface area contributed by atoms with Gasteiger partial charge in [0.05, 0.1) is 16.1 Å². The van der Waals surface area contributed by atoms with Gasteiger partial charge in [0, 0.05) is 0 Å². The van der Waals surface area contributed by atoms with E-state index in [1.807, 2.05) is 6.07 Å². The molecule has 0 amide bonds. The average Bonchev–Trinajstić information content (AvgIpc) is 2.97. The summed E-state index contributed by atoms with van der Waals surface area (Å²) in [6, 6.07) is 13.1. The van der Waals surface area contributed by atoms with E-state index in [-0.39, 0.29) is 21.8 Å². The Morgan fingerprint density at radius 2 is 1.92 bits per heavy atom. The molecular weight excluding hydrogens is 331 g/mol. The molecule has 6 heteroatoms. The van der Waals surface area contributed by atoms with Gasteiger partial charge >= 0.3 is 0 Å². The highest BCUT2D eigenvalue weighted by Gasteiger charge is 2.37. The van der Waals surface area contributed by atoms with Crippen LogP contribution in [0.3, 0.4) is 0 Å². The second-order valence-electron chi connectivity index (χ2n) is 5.41. The molecule has 1 atom stereocenters. The van der Waals surface area contributed by atoms with Crippen molar-refractivity contribution in [2.75, 3.05) is 0 Å². The van der Waals surface area contributed by atoms with Crippen LogP contribution in [0.25, 0.3) is 11.3 Å². The van der Waals surface area contributed by atoms with E-state index in [0.29, 0.717) is 17.6 Å². The van der Waals surface area contributed by atoms with Crippen LogP contribution >= 0.6 is 11.6 Å². The summed E-state index contributed by atoms with van der Waals surface area (Å²) < 4.78 is 19.5. The molecule has 0 radical (unpaired) electrons. The molecule has 0 saturated carbocycles. The molecule has 0 fully saturated rings. The maximum Gasteiger partial charge on any atom is 0.149 e. The van der Waals surface area contributed by atoms with E-state index >= 15 is 0 Å². The van der Waals surface area contributed by atoms with Crippen molar-refractivity contribution in [3.63, 3.8) is 0 Å². The lowest BCUT2D eigenvalue weighted by atomic mass is 9.82. The van der Waals surface area contributed by atoms with Gasteiger partial charge in [-0.2, -0.15) is 0 Å². The molecule has 0 aliphatic carbocycles. The number of benzene rings is 2. The number of nitrogens with two attached hydrogens (primary N) is 1. The van der Waals surface area contributed by atoms with E-state index in [1.165, 1.54) is 18.2 Å². The van der Waals surface area contributed by atoms with E-state index in [1.54, 1.807) is 31.2 Å². The van der Waals surface area contributed by atoms with Crippen molar-refractivity contribution in [2.45, 2.75) is 12.5 Å². The molecule has 0 spiro atoms. The SMILES string of the molecule is Cc1onc(-c2c(F)cccc2Cl)c1C(N)(C=O)c1ccccc1. The second-order valence-corrected chi connectivity index (χ2v) is 5.82. The number of halogens is 2. The molecule has 2 N–H and O–H groups in total. The topological polar surface area (TPSA) is 69.1 Å². The van der Waals surface area contributed by atoms with E-state index < -0.39 is 11.4 Å². The van der Waals surface area contributed by atoms with Crippen molar-refractivity contribution in [2.24, 2.45) is 5.73 Å². The molecule has 1 aromatic heterocycles. The molecule has 0 aliphatic heterocycles. The number of aromatic nitrogens is 1. The van der Waals surface area contributed by atoms with Gasteiger partial charge in [0.1, 0.15) is 29.1 Å². The molecule has 24 heavy (non-hydrogen) atoms. The lowest BCUT2D eigenvalue weighted by Crippen LogP contribution is -2.40. The summed E-state index contributed by atoms with van der Waals surface area (Å²) in [5, 5.41) is 4.07. The third kappa shape index (κ3) is 2.52. The first-order chi connectivity index (χ1) is 11.5. The van der Waals surface area contributed by atoms with Crippen LogP contribution in [0, 0.1) is 12.7 Å². The zero-order valence-corrected chi connectivity index (χ0v) is 13.5. The van der Waals surface area contributed by atoms with Gasteiger partial charge in [-0.15, -0.1) is 0 Å². The Labute approximate surface area is 143 Å². The van der Waals surface area contributed by atoms with Crippen molar-refractivity contribution in [1.29, 1.82) is 0 Å². The molecule has 0 saturated heterocycles. The molecule has 0 aliphatic rings. The van der Waals surface area contributed by atoms with Crippen molar-refractivity contribution in [3.05, 3.63) is 76.3 Å². The van der Waals surface area contributed by atoms with Crippen LogP contribution in [0.5, 0.6) is 0 Å². The van der Waals surface area contributed by atoms with E-state index in [2.05, 4.69) is 5.16 Å². The Hall–Kier alpha value is -2.50. The fourth-order valence-electron chi connectivity index (χ4n) is 2.74. The normalized spacial score (nSPS) is 13.5. The van der Waals surface area contributed by atoms with Crippen LogP contribution in [0.15, 0.2) is 53.1 Å². The van der Waals surface area contributed by atoms with E-state index in [4.69, 9.17) is 21.9 Å². The van der Waals surface area contributed by atoms with Gasteiger partial charge in [-0.25, -0.2) is 4.39 Å². The number of nitrogens with zero attached hydrogens (tertiary/aromatic N) is 1. The average molecular weight is 345 g/mol. The molecule has 3 rings (SSSR count). The minimum absolute atomic E-state index is 0.0543. The van der Waals surface area contributed by atoms with E-state index in [9.17, 15) is 9.18 Å². The van der Waals surface area contributed by atoms with Gasteiger partial charge < -0.3 is 15.1 Å². The molecular formula is C18H14ClFN2O2. The summed E-state index contributed by atoms with van der Waals surface area (Å²) in [6.45, 7) is 1.62. The molecule has 0 bridgehead atoms. The molecule has 3 aromatic rings. The minimum atomic E-state index is -1.54. The Morgan fingerprint density at radius 3 is 2.54 bits per heavy atom. The maximum absolute atomic E-state index is 14.3. The fraction of sp³-hybridized carbons (Fsp3) is 0.111. The monoisotopic (exact) mass is 344 g/mol. The Morgan fingerprint density at radius 1 is 1.21 bits per heavy atom. The van der Waals surface area contributed by atoms with Crippen LogP contribution in [0.2, 0.25) is 5.02 Å². The first-order valence-corrected chi connectivity index (χ1v) is 7.58. The number of hydrogen-bond acceptors (Lipinski definition) is 4. The van der Waals surface area contributed by atoms with Gasteiger partial charge in [0.2, 0.25) is 0 Å². The van der Waals surface area contributed by atoms with Crippen LogP contribution < -0.4 is 5.73 Å². The number of hydrogen-bond donors (Lipinski definition) is 1. The highest BCUT2D eigenvalue weighted by Crippen LogP contribution is 2.39. The van der Waals surface area contributed by atoms with Crippen LogP contribution in [-0.2, 0) is 10.3 Å². The van der Waals surface area contributed by atoms with Crippen LogP contribution in [0.4, 0.5) is 4.39 Å². The number of carbonyl (C=O) groups is 1. The van der Waals surface area contributed by atoms with Crippen LogP contribution in [-0.4, -0.2) is 11.4 Å². The molecule has 4 nitrogen and oxygen atoms in total. The smallest absolute Gasteiger partial charge is 0.149 e. The van der Waals surface area contributed by atoms with Gasteiger partial charge in [-0.05, 0) is 24.6 Å².